The third-order valence-electron chi connectivity index (χ3n) is 3.08. The second-order valence-corrected chi connectivity index (χ2v) is 5.18. The molecule has 2 aromatic rings. The maximum Gasteiger partial charge on any atom is 0.261 e. The zero-order chi connectivity index (χ0) is 14.7. The van der Waals surface area contributed by atoms with E-state index in [0.29, 0.717) is 25.4 Å². The lowest BCUT2D eigenvalue weighted by Gasteiger charge is -2.14. The number of nitrogens with zero attached hydrogens (tertiary/aromatic N) is 1. The molecule has 4 nitrogen and oxygen atoms in total. The maximum atomic E-state index is 12.3. The van der Waals surface area contributed by atoms with E-state index in [2.05, 4.69) is 0 Å². The van der Waals surface area contributed by atoms with Crippen LogP contribution in [0.25, 0.3) is 10.9 Å². The summed E-state index contributed by atoms with van der Waals surface area (Å²) in [5, 5.41) is 0.846. The Hall–Kier alpha value is -2.10. The normalized spacial score (nSPS) is 11.0. The van der Waals surface area contributed by atoms with Crippen molar-refractivity contribution in [2.45, 2.75) is 27.3 Å². The molecule has 2 rings (SSSR count). The lowest BCUT2D eigenvalue weighted by molar-refractivity contribution is 0.112. The van der Waals surface area contributed by atoms with Gasteiger partial charge in [0.25, 0.3) is 5.56 Å². The van der Waals surface area contributed by atoms with E-state index in [4.69, 9.17) is 4.74 Å². The van der Waals surface area contributed by atoms with Crippen LogP contribution in [0.4, 0.5) is 0 Å². The van der Waals surface area contributed by atoms with Crippen molar-refractivity contribution in [2.24, 2.45) is 5.92 Å². The Morgan fingerprint density at radius 1 is 1.30 bits per heavy atom. The molecule has 106 valence electrons. The molecule has 1 aromatic heterocycles. The first-order valence-corrected chi connectivity index (χ1v) is 6.82. The first-order valence-electron chi connectivity index (χ1n) is 6.82. The molecular weight excluding hydrogens is 254 g/mol. The minimum absolute atomic E-state index is 0.187. The number of hydrogen-bond acceptors (Lipinski definition) is 3. The Kier molecular flexibility index (Phi) is 4.23. The molecule has 0 saturated carbocycles. The van der Waals surface area contributed by atoms with Crippen LogP contribution in [0.2, 0.25) is 0 Å². The second kappa shape index (κ2) is 5.90. The van der Waals surface area contributed by atoms with Gasteiger partial charge in [0.05, 0.1) is 17.7 Å². The van der Waals surface area contributed by atoms with Crippen molar-refractivity contribution in [3.8, 4) is 5.75 Å². The Balaban J connectivity index is 2.70. The molecule has 0 aliphatic rings. The minimum Gasteiger partial charge on any atom is -0.494 e. The molecule has 0 radical (unpaired) electrons. The van der Waals surface area contributed by atoms with Gasteiger partial charge in [-0.05, 0) is 37.1 Å². The third kappa shape index (κ3) is 2.74. The van der Waals surface area contributed by atoms with Crippen LogP contribution in [0.3, 0.4) is 0 Å². The van der Waals surface area contributed by atoms with Gasteiger partial charge in [-0.25, -0.2) is 0 Å². The van der Waals surface area contributed by atoms with Gasteiger partial charge in [0.1, 0.15) is 5.75 Å². The van der Waals surface area contributed by atoms with Crippen LogP contribution < -0.4 is 10.3 Å². The van der Waals surface area contributed by atoms with Crippen molar-refractivity contribution >= 4 is 17.2 Å². The summed E-state index contributed by atoms with van der Waals surface area (Å²) in [5.41, 5.74) is 0.787. The van der Waals surface area contributed by atoms with Crippen LogP contribution in [0, 0.1) is 5.92 Å². The van der Waals surface area contributed by atoms with E-state index >= 15 is 0 Å². The molecule has 4 heteroatoms. The quantitative estimate of drug-likeness (QED) is 0.787. The van der Waals surface area contributed by atoms with E-state index in [1.54, 1.807) is 10.6 Å². The predicted molar refractivity (Wildman–Crippen MR) is 79.6 cm³/mol. The van der Waals surface area contributed by atoms with Crippen molar-refractivity contribution < 1.29 is 9.53 Å². The van der Waals surface area contributed by atoms with Crippen LogP contribution in [-0.2, 0) is 6.54 Å². The van der Waals surface area contributed by atoms with Crippen molar-refractivity contribution in [3.05, 3.63) is 40.2 Å². The van der Waals surface area contributed by atoms with Gasteiger partial charge < -0.3 is 9.30 Å². The fourth-order valence-corrected chi connectivity index (χ4v) is 2.28. The Morgan fingerprint density at radius 3 is 2.65 bits per heavy atom. The highest BCUT2D eigenvalue weighted by atomic mass is 16.5. The SMILES string of the molecule is CCOc1ccc2c(c1)cc(C=O)c(=O)n2CC(C)C. The van der Waals surface area contributed by atoms with Gasteiger partial charge in [-0.15, -0.1) is 0 Å². The molecule has 0 atom stereocenters. The van der Waals surface area contributed by atoms with E-state index < -0.39 is 0 Å². The summed E-state index contributed by atoms with van der Waals surface area (Å²) in [6.45, 7) is 7.17. The van der Waals surface area contributed by atoms with E-state index in [0.717, 1.165) is 16.7 Å². The molecule has 1 heterocycles. The lowest BCUT2D eigenvalue weighted by atomic mass is 10.1. The summed E-state index contributed by atoms with van der Waals surface area (Å²) in [5.74, 6) is 1.07. The molecule has 0 amide bonds. The van der Waals surface area contributed by atoms with Crippen LogP contribution >= 0.6 is 0 Å². The molecule has 1 aromatic carbocycles. The van der Waals surface area contributed by atoms with Gasteiger partial charge in [-0.3, -0.25) is 9.59 Å². The highest BCUT2D eigenvalue weighted by Gasteiger charge is 2.10. The molecule has 0 aliphatic carbocycles. The minimum atomic E-state index is -0.231. The molecule has 0 bridgehead atoms. The summed E-state index contributed by atoms with van der Waals surface area (Å²) in [6.07, 6.45) is 0.617. The number of aldehydes is 1. The Morgan fingerprint density at radius 2 is 2.05 bits per heavy atom. The van der Waals surface area contributed by atoms with Crippen molar-refractivity contribution in [3.63, 3.8) is 0 Å². The number of fused-ring (bicyclic) bond motifs is 1. The van der Waals surface area contributed by atoms with E-state index in [1.165, 1.54) is 0 Å². The number of hydrogen-bond donors (Lipinski definition) is 0. The van der Waals surface area contributed by atoms with Crippen LogP contribution in [0.5, 0.6) is 5.75 Å². The van der Waals surface area contributed by atoms with E-state index in [-0.39, 0.29) is 11.1 Å². The molecule has 0 N–H and O–H groups in total. The highest BCUT2D eigenvalue weighted by molar-refractivity contribution is 5.87. The monoisotopic (exact) mass is 273 g/mol. The van der Waals surface area contributed by atoms with E-state index in [9.17, 15) is 9.59 Å². The smallest absolute Gasteiger partial charge is 0.261 e. The molecular formula is C16H19NO3. The lowest BCUT2D eigenvalue weighted by Crippen LogP contribution is -2.25. The predicted octanol–water partition coefficient (Wildman–Crippen LogP) is 2.87. The summed E-state index contributed by atoms with van der Waals surface area (Å²) in [7, 11) is 0. The third-order valence-corrected chi connectivity index (χ3v) is 3.08. The number of ether oxygens (including phenoxy) is 1. The topological polar surface area (TPSA) is 48.3 Å². The van der Waals surface area contributed by atoms with Gasteiger partial charge in [0.15, 0.2) is 6.29 Å². The number of aromatic nitrogens is 1. The Bertz CT molecular complexity index is 686. The van der Waals surface area contributed by atoms with Crippen LogP contribution in [0.15, 0.2) is 29.1 Å². The van der Waals surface area contributed by atoms with Crippen molar-refractivity contribution in [1.82, 2.24) is 4.57 Å². The van der Waals surface area contributed by atoms with E-state index in [1.807, 2.05) is 39.0 Å². The fraction of sp³-hybridized carbons (Fsp3) is 0.375. The second-order valence-electron chi connectivity index (χ2n) is 5.18. The first-order chi connectivity index (χ1) is 9.56. The maximum absolute atomic E-state index is 12.3. The average molecular weight is 273 g/mol. The van der Waals surface area contributed by atoms with Crippen LogP contribution in [-0.4, -0.2) is 17.5 Å². The largest absolute Gasteiger partial charge is 0.494 e. The molecule has 20 heavy (non-hydrogen) atoms. The molecule has 0 aliphatic heterocycles. The number of carbonyl (C=O) groups excluding carboxylic acids is 1. The number of benzene rings is 1. The number of carbonyl (C=O) groups is 1. The summed E-state index contributed by atoms with van der Waals surface area (Å²) in [4.78, 5) is 23.3. The van der Waals surface area contributed by atoms with Gasteiger partial charge in [-0.2, -0.15) is 0 Å². The summed E-state index contributed by atoms with van der Waals surface area (Å²) in [6, 6.07) is 7.22. The molecule has 0 fully saturated rings. The first kappa shape index (κ1) is 14.3. The van der Waals surface area contributed by atoms with Crippen molar-refractivity contribution in [2.75, 3.05) is 6.61 Å². The van der Waals surface area contributed by atoms with Gasteiger partial charge in [0.2, 0.25) is 0 Å². The molecule has 0 unspecified atom stereocenters. The highest BCUT2D eigenvalue weighted by Crippen LogP contribution is 2.21. The van der Waals surface area contributed by atoms with Crippen LogP contribution in [0.1, 0.15) is 31.1 Å². The fourth-order valence-electron chi connectivity index (χ4n) is 2.28. The zero-order valence-corrected chi connectivity index (χ0v) is 12.1. The van der Waals surface area contributed by atoms with Gasteiger partial charge >= 0.3 is 0 Å². The number of rotatable bonds is 5. The average Bonchev–Trinajstić information content (AvgIpc) is 2.41. The zero-order valence-electron chi connectivity index (χ0n) is 12.1. The molecule has 0 saturated heterocycles. The van der Waals surface area contributed by atoms with Crippen molar-refractivity contribution in [1.29, 1.82) is 0 Å². The Labute approximate surface area is 118 Å². The molecule has 0 spiro atoms. The summed E-state index contributed by atoms with van der Waals surface area (Å²) >= 11 is 0. The van der Waals surface area contributed by atoms with Gasteiger partial charge in [-0.1, -0.05) is 13.8 Å². The van der Waals surface area contributed by atoms with Gasteiger partial charge in [0, 0.05) is 11.9 Å². The number of pyridine rings is 1. The summed E-state index contributed by atoms with van der Waals surface area (Å²) < 4.78 is 7.13. The standard InChI is InChI=1S/C16H19NO3/c1-4-20-14-5-6-15-12(8-14)7-13(10-18)16(19)17(15)9-11(2)3/h5-8,10-11H,4,9H2,1-3H3.